The van der Waals surface area contributed by atoms with Crippen molar-refractivity contribution in [1.82, 2.24) is 10.2 Å². The van der Waals surface area contributed by atoms with Crippen LogP contribution in [0.15, 0.2) is 0 Å². The van der Waals surface area contributed by atoms with Crippen LogP contribution in [0.25, 0.3) is 0 Å². The van der Waals surface area contributed by atoms with Crippen LogP contribution in [-0.2, 0) is 4.79 Å². The van der Waals surface area contributed by atoms with Crippen molar-refractivity contribution >= 4 is 12.3 Å². The lowest BCUT2D eigenvalue weighted by atomic mass is 10.0. The van der Waals surface area contributed by atoms with Crippen molar-refractivity contribution in [3.8, 4) is 0 Å². The van der Waals surface area contributed by atoms with E-state index in [2.05, 4.69) is 5.32 Å². The van der Waals surface area contributed by atoms with Gasteiger partial charge in [-0.3, -0.25) is 0 Å². The highest BCUT2D eigenvalue weighted by molar-refractivity contribution is 5.78. The molecule has 1 N–H and O–H groups in total. The van der Waals surface area contributed by atoms with Gasteiger partial charge in [0.2, 0.25) is 0 Å². The Bertz CT molecular complexity index is 248. The van der Waals surface area contributed by atoms with Crippen LogP contribution in [0.4, 0.5) is 4.79 Å². The first-order chi connectivity index (χ1) is 8.19. The molecular weight excluding hydrogens is 216 g/mol. The summed E-state index contributed by atoms with van der Waals surface area (Å²) in [5.41, 5.74) is 0. The van der Waals surface area contributed by atoms with E-state index >= 15 is 0 Å². The number of hydrogen-bond donors (Lipinski definition) is 1. The molecule has 0 aromatic heterocycles. The van der Waals surface area contributed by atoms with Crippen molar-refractivity contribution in [1.29, 1.82) is 0 Å². The van der Waals surface area contributed by atoms with Crippen LogP contribution in [0.1, 0.15) is 46.0 Å². The van der Waals surface area contributed by atoms with Gasteiger partial charge in [-0.25, -0.2) is 4.79 Å². The number of rotatable bonds is 4. The number of carbonyl (C=O) groups excluding carboxylic acids is 2. The number of amides is 2. The van der Waals surface area contributed by atoms with Crippen molar-refractivity contribution in [2.45, 2.75) is 52.0 Å². The largest absolute Gasteiger partial charge is 0.328 e. The summed E-state index contributed by atoms with van der Waals surface area (Å²) in [7, 11) is 0. The molecule has 17 heavy (non-hydrogen) atoms. The number of hydrogen-bond acceptors (Lipinski definition) is 2. The van der Waals surface area contributed by atoms with Crippen LogP contribution >= 0.6 is 0 Å². The molecule has 0 spiro atoms. The van der Waals surface area contributed by atoms with E-state index in [1.54, 1.807) is 0 Å². The minimum atomic E-state index is -0.351. The first kappa shape index (κ1) is 14.0. The lowest BCUT2D eigenvalue weighted by Crippen LogP contribution is -2.48. The number of nitrogens with one attached hydrogen (secondary N) is 1. The van der Waals surface area contributed by atoms with E-state index < -0.39 is 0 Å². The van der Waals surface area contributed by atoms with Gasteiger partial charge in [-0.1, -0.05) is 33.1 Å². The molecule has 1 fully saturated rings. The molecule has 0 aromatic rings. The van der Waals surface area contributed by atoms with Crippen LogP contribution in [0.2, 0.25) is 0 Å². The summed E-state index contributed by atoms with van der Waals surface area (Å²) in [5.74, 6) is 0.198. The Labute approximate surface area is 104 Å². The quantitative estimate of drug-likeness (QED) is 0.766. The summed E-state index contributed by atoms with van der Waals surface area (Å²) in [6, 6.07) is -0.431. The molecule has 1 aliphatic rings. The van der Waals surface area contributed by atoms with Gasteiger partial charge in [0.25, 0.3) is 0 Å². The Balaban J connectivity index is 2.47. The van der Waals surface area contributed by atoms with Gasteiger partial charge >= 0.3 is 6.03 Å². The number of likely N-dealkylation sites (tertiary alicyclic amines) is 1. The van der Waals surface area contributed by atoms with E-state index in [9.17, 15) is 9.59 Å². The Kier molecular flexibility index (Phi) is 6.01. The van der Waals surface area contributed by atoms with Gasteiger partial charge in [0.1, 0.15) is 6.29 Å². The summed E-state index contributed by atoms with van der Waals surface area (Å²) in [6.07, 6.45) is 6.29. The average Bonchev–Trinajstić information content (AvgIpc) is 2.63. The fourth-order valence-electron chi connectivity index (χ4n) is 2.07. The average molecular weight is 240 g/mol. The van der Waals surface area contributed by atoms with E-state index in [0.717, 1.165) is 38.6 Å². The molecule has 0 aromatic carbocycles. The Morgan fingerprint density at radius 2 is 1.88 bits per heavy atom. The third kappa shape index (κ3) is 4.36. The lowest BCUT2D eigenvalue weighted by Gasteiger charge is -2.25. The molecule has 0 bridgehead atoms. The van der Waals surface area contributed by atoms with E-state index in [4.69, 9.17) is 0 Å². The second kappa shape index (κ2) is 7.30. The molecule has 2 amide bonds. The molecule has 4 heteroatoms. The zero-order valence-electron chi connectivity index (χ0n) is 10.9. The van der Waals surface area contributed by atoms with E-state index in [1.807, 2.05) is 18.7 Å². The normalized spacial score (nSPS) is 20.2. The molecular formula is C13H24N2O2. The van der Waals surface area contributed by atoms with Crippen molar-refractivity contribution in [2.24, 2.45) is 5.92 Å². The molecule has 4 nitrogen and oxygen atoms in total. The summed E-state index contributed by atoms with van der Waals surface area (Å²) in [6.45, 7) is 5.65. The first-order valence-corrected chi connectivity index (χ1v) is 6.69. The van der Waals surface area contributed by atoms with Gasteiger partial charge in [-0.05, 0) is 18.8 Å². The predicted octanol–water partition coefficient (Wildman–Crippen LogP) is 2.19. The monoisotopic (exact) mass is 240 g/mol. The van der Waals surface area contributed by atoms with Crippen LogP contribution in [0.3, 0.4) is 0 Å². The fourth-order valence-corrected chi connectivity index (χ4v) is 2.07. The second-order valence-electron chi connectivity index (χ2n) is 4.90. The zero-order chi connectivity index (χ0) is 12.7. The fraction of sp³-hybridized carbons (Fsp3) is 0.846. The Hall–Kier alpha value is -1.06. The van der Waals surface area contributed by atoms with E-state index in [-0.39, 0.29) is 18.0 Å². The van der Waals surface area contributed by atoms with Crippen molar-refractivity contribution in [3.05, 3.63) is 0 Å². The SMILES string of the molecule is CC[C@H](C)[C@@H](C=O)NC(=O)N1CCCCCC1. The highest BCUT2D eigenvalue weighted by Crippen LogP contribution is 2.11. The minimum Gasteiger partial charge on any atom is -0.328 e. The zero-order valence-corrected chi connectivity index (χ0v) is 10.9. The third-order valence-electron chi connectivity index (χ3n) is 3.59. The highest BCUT2D eigenvalue weighted by atomic mass is 16.2. The van der Waals surface area contributed by atoms with Crippen molar-refractivity contribution in [3.63, 3.8) is 0 Å². The van der Waals surface area contributed by atoms with E-state index in [1.165, 1.54) is 12.8 Å². The van der Waals surface area contributed by atoms with Gasteiger partial charge in [0.15, 0.2) is 0 Å². The minimum absolute atomic E-state index is 0.0794. The van der Waals surface area contributed by atoms with E-state index in [0.29, 0.717) is 0 Å². The molecule has 0 aliphatic carbocycles. The Morgan fingerprint density at radius 3 is 2.35 bits per heavy atom. The van der Waals surface area contributed by atoms with Gasteiger partial charge in [-0.15, -0.1) is 0 Å². The van der Waals surface area contributed by atoms with Crippen LogP contribution in [0, 0.1) is 5.92 Å². The van der Waals surface area contributed by atoms with Crippen molar-refractivity contribution in [2.75, 3.05) is 13.1 Å². The van der Waals surface area contributed by atoms with Crippen molar-refractivity contribution < 1.29 is 9.59 Å². The van der Waals surface area contributed by atoms with Gasteiger partial charge in [0.05, 0.1) is 6.04 Å². The molecule has 0 unspecified atom stereocenters. The molecule has 1 saturated heterocycles. The number of nitrogens with zero attached hydrogens (tertiary/aromatic N) is 1. The summed E-state index contributed by atoms with van der Waals surface area (Å²) >= 11 is 0. The molecule has 0 radical (unpaired) electrons. The Morgan fingerprint density at radius 1 is 1.29 bits per heavy atom. The standard InChI is InChI=1S/C13H24N2O2/c1-3-11(2)12(10-16)14-13(17)15-8-6-4-5-7-9-15/h10-12H,3-9H2,1-2H3,(H,14,17)/t11-,12+/m0/s1. The molecule has 98 valence electrons. The smallest absolute Gasteiger partial charge is 0.317 e. The summed E-state index contributed by atoms with van der Waals surface area (Å²) in [5, 5.41) is 2.83. The predicted molar refractivity (Wildman–Crippen MR) is 67.9 cm³/mol. The number of urea groups is 1. The molecule has 0 saturated carbocycles. The first-order valence-electron chi connectivity index (χ1n) is 6.69. The third-order valence-corrected chi connectivity index (χ3v) is 3.59. The van der Waals surface area contributed by atoms with Gasteiger partial charge in [0, 0.05) is 13.1 Å². The molecule has 1 aliphatic heterocycles. The maximum Gasteiger partial charge on any atom is 0.317 e. The molecule has 1 heterocycles. The maximum atomic E-state index is 12.0. The van der Waals surface area contributed by atoms with Crippen LogP contribution in [0.5, 0.6) is 0 Å². The lowest BCUT2D eigenvalue weighted by molar-refractivity contribution is -0.110. The van der Waals surface area contributed by atoms with Crippen LogP contribution < -0.4 is 5.32 Å². The topological polar surface area (TPSA) is 49.4 Å². The highest BCUT2D eigenvalue weighted by Gasteiger charge is 2.21. The number of aldehydes is 1. The number of carbonyl (C=O) groups is 2. The molecule has 2 atom stereocenters. The second-order valence-corrected chi connectivity index (χ2v) is 4.90. The summed E-state index contributed by atoms with van der Waals surface area (Å²) in [4.78, 5) is 24.8. The van der Waals surface area contributed by atoms with Crippen LogP contribution in [-0.4, -0.2) is 36.3 Å². The van der Waals surface area contributed by atoms with Gasteiger partial charge in [-0.2, -0.15) is 0 Å². The maximum absolute atomic E-state index is 12.0. The van der Waals surface area contributed by atoms with Gasteiger partial charge < -0.3 is 15.0 Å². The summed E-state index contributed by atoms with van der Waals surface area (Å²) < 4.78 is 0. The molecule has 1 rings (SSSR count).